The maximum absolute atomic E-state index is 12.6. The SMILES string of the molecule is C=C(NC(=O)C(=C)N1C(=O)Cc2cc(-c3ccc(NC(C)=O)cc3)ccc21)C(=O)OC. The largest absolute Gasteiger partial charge is 0.464 e. The molecule has 0 aliphatic carbocycles. The first-order chi connectivity index (χ1) is 14.7. The Morgan fingerprint density at radius 1 is 1.03 bits per heavy atom. The first-order valence-electron chi connectivity index (χ1n) is 9.32. The zero-order valence-corrected chi connectivity index (χ0v) is 17.2. The van der Waals surface area contributed by atoms with Gasteiger partial charge in [0.1, 0.15) is 11.4 Å². The summed E-state index contributed by atoms with van der Waals surface area (Å²) in [5.41, 5.74) is 3.40. The van der Waals surface area contributed by atoms with Gasteiger partial charge in [-0.2, -0.15) is 0 Å². The van der Waals surface area contributed by atoms with Crippen LogP contribution in [0.3, 0.4) is 0 Å². The van der Waals surface area contributed by atoms with E-state index >= 15 is 0 Å². The van der Waals surface area contributed by atoms with Gasteiger partial charge in [0, 0.05) is 12.6 Å². The number of rotatable bonds is 6. The quantitative estimate of drug-likeness (QED) is 0.553. The summed E-state index contributed by atoms with van der Waals surface area (Å²) in [5.74, 6) is -1.97. The molecule has 0 radical (unpaired) electrons. The minimum atomic E-state index is -0.788. The Labute approximate surface area is 179 Å². The number of carbonyl (C=O) groups is 4. The fourth-order valence-corrected chi connectivity index (χ4v) is 3.23. The van der Waals surface area contributed by atoms with Crippen LogP contribution in [0.1, 0.15) is 12.5 Å². The second-order valence-electron chi connectivity index (χ2n) is 6.88. The van der Waals surface area contributed by atoms with Crippen molar-refractivity contribution in [2.45, 2.75) is 13.3 Å². The maximum Gasteiger partial charge on any atom is 0.353 e. The number of methoxy groups -OCH3 is 1. The average Bonchev–Trinajstić information content (AvgIpc) is 3.07. The summed E-state index contributed by atoms with van der Waals surface area (Å²) in [5, 5.41) is 4.99. The van der Waals surface area contributed by atoms with Crippen LogP contribution in [0.5, 0.6) is 0 Å². The number of anilines is 2. The van der Waals surface area contributed by atoms with Crippen molar-refractivity contribution < 1.29 is 23.9 Å². The van der Waals surface area contributed by atoms with Crippen molar-refractivity contribution in [3.8, 4) is 11.1 Å². The molecule has 158 valence electrons. The second kappa shape index (κ2) is 8.66. The number of hydrogen-bond acceptors (Lipinski definition) is 5. The molecule has 3 rings (SSSR count). The smallest absolute Gasteiger partial charge is 0.353 e. The molecule has 8 nitrogen and oxygen atoms in total. The number of amides is 3. The molecule has 1 aliphatic rings. The summed E-state index contributed by atoms with van der Waals surface area (Å²) in [6.07, 6.45) is 0.109. The van der Waals surface area contributed by atoms with Gasteiger partial charge >= 0.3 is 5.97 Å². The van der Waals surface area contributed by atoms with Gasteiger partial charge in [0.25, 0.3) is 5.91 Å². The Morgan fingerprint density at radius 3 is 2.29 bits per heavy atom. The standard InChI is InChI=1S/C23H21N3O5/c1-13(23(30)31-4)24-22(29)14(2)26-20-10-7-17(11-18(20)12-21(26)28)16-5-8-19(9-6-16)25-15(3)27/h5-11H,1-2,12H2,3-4H3,(H,24,29)(H,25,27). The van der Waals surface area contributed by atoms with Crippen LogP contribution in [-0.4, -0.2) is 30.8 Å². The van der Waals surface area contributed by atoms with Crippen LogP contribution >= 0.6 is 0 Å². The van der Waals surface area contributed by atoms with Crippen molar-refractivity contribution in [3.05, 3.63) is 72.6 Å². The van der Waals surface area contributed by atoms with Crippen LogP contribution in [0, 0.1) is 0 Å². The Bertz CT molecular complexity index is 1120. The van der Waals surface area contributed by atoms with Crippen LogP contribution < -0.4 is 15.5 Å². The minimum absolute atomic E-state index is 0.109. The van der Waals surface area contributed by atoms with Crippen LogP contribution in [0.15, 0.2) is 67.0 Å². The highest BCUT2D eigenvalue weighted by Crippen LogP contribution is 2.35. The average molecular weight is 419 g/mol. The van der Waals surface area contributed by atoms with Crippen molar-refractivity contribution in [1.82, 2.24) is 5.32 Å². The van der Waals surface area contributed by atoms with E-state index in [0.29, 0.717) is 11.4 Å². The van der Waals surface area contributed by atoms with Crippen molar-refractivity contribution in [1.29, 1.82) is 0 Å². The van der Waals surface area contributed by atoms with E-state index in [1.54, 1.807) is 18.2 Å². The fourth-order valence-electron chi connectivity index (χ4n) is 3.23. The number of nitrogens with one attached hydrogen (secondary N) is 2. The molecule has 0 fully saturated rings. The third-order valence-electron chi connectivity index (χ3n) is 4.68. The van der Waals surface area contributed by atoms with Gasteiger partial charge in [-0.15, -0.1) is 0 Å². The van der Waals surface area contributed by atoms with Gasteiger partial charge in [0.2, 0.25) is 11.8 Å². The molecule has 0 atom stereocenters. The lowest BCUT2D eigenvalue weighted by Crippen LogP contribution is -2.37. The van der Waals surface area contributed by atoms with Crippen LogP contribution in [-0.2, 0) is 30.3 Å². The zero-order chi connectivity index (χ0) is 22.7. The third-order valence-corrected chi connectivity index (χ3v) is 4.68. The first kappa shape index (κ1) is 21.5. The van der Waals surface area contributed by atoms with Gasteiger partial charge in [0.15, 0.2) is 0 Å². The molecule has 0 bridgehead atoms. The van der Waals surface area contributed by atoms with Crippen molar-refractivity contribution in [2.24, 2.45) is 0 Å². The predicted molar refractivity (Wildman–Crippen MR) is 116 cm³/mol. The number of hydrogen-bond donors (Lipinski definition) is 2. The van der Waals surface area contributed by atoms with Gasteiger partial charge in [-0.25, -0.2) is 4.79 Å². The van der Waals surface area contributed by atoms with Gasteiger partial charge < -0.3 is 15.4 Å². The van der Waals surface area contributed by atoms with E-state index in [1.165, 1.54) is 18.9 Å². The molecular formula is C23H21N3O5. The molecule has 0 unspecified atom stereocenters. The summed E-state index contributed by atoms with van der Waals surface area (Å²) in [7, 11) is 1.17. The molecule has 0 saturated carbocycles. The molecule has 2 N–H and O–H groups in total. The Kier molecular flexibility index (Phi) is 6.01. The summed E-state index contributed by atoms with van der Waals surface area (Å²) in [6, 6.07) is 12.8. The summed E-state index contributed by atoms with van der Waals surface area (Å²) >= 11 is 0. The van der Waals surface area contributed by atoms with Crippen LogP contribution in [0.2, 0.25) is 0 Å². The highest BCUT2D eigenvalue weighted by Gasteiger charge is 2.32. The summed E-state index contributed by atoms with van der Waals surface area (Å²) in [4.78, 5) is 48.8. The molecule has 0 saturated heterocycles. The molecule has 1 heterocycles. The van der Waals surface area contributed by atoms with E-state index in [2.05, 4.69) is 28.5 Å². The highest BCUT2D eigenvalue weighted by molar-refractivity contribution is 6.13. The van der Waals surface area contributed by atoms with Crippen molar-refractivity contribution in [3.63, 3.8) is 0 Å². The van der Waals surface area contributed by atoms with Crippen molar-refractivity contribution in [2.75, 3.05) is 17.3 Å². The third kappa shape index (κ3) is 4.53. The van der Waals surface area contributed by atoms with E-state index in [9.17, 15) is 19.2 Å². The van der Waals surface area contributed by atoms with Crippen LogP contribution in [0.25, 0.3) is 11.1 Å². The fraction of sp³-hybridized carbons (Fsp3) is 0.130. The molecule has 0 spiro atoms. The maximum atomic E-state index is 12.6. The predicted octanol–water partition coefficient (Wildman–Crippen LogP) is 2.52. The minimum Gasteiger partial charge on any atom is -0.464 e. The topological polar surface area (TPSA) is 105 Å². The highest BCUT2D eigenvalue weighted by atomic mass is 16.5. The van der Waals surface area contributed by atoms with E-state index < -0.39 is 11.9 Å². The van der Waals surface area contributed by atoms with Gasteiger partial charge in [0.05, 0.1) is 19.2 Å². The van der Waals surface area contributed by atoms with Crippen LogP contribution in [0.4, 0.5) is 11.4 Å². The number of ether oxygens (including phenoxy) is 1. The molecule has 31 heavy (non-hydrogen) atoms. The number of fused-ring (bicyclic) bond motifs is 1. The van der Waals surface area contributed by atoms with E-state index in [-0.39, 0.29) is 29.6 Å². The van der Waals surface area contributed by atoms with E-state index in [4.69, 9.17) is 0 Å². The Balaban J connectivity index is 1.81. The lowest BCUT2D eigenvalue weighted by molar-refractivity contribution is -0.137. The van der Waals surface area contributed by atoms with Crippen molar-refractivity contribution >= 4 is 35.1 Å². The molecule has 2 aromatic carbocycles. The lowest BCUT2D eigenvalue weighted by Gasteiger charge is -2.20. The van der Waals surface area contributed by atoms with E-state index in [1.807, 2.05) is 24.3 Å². The first-order valence-corrected chi connectivity index (χ1v) is 9.32. The van der Waals surface area contributed by atoms with Gasteiger partial charge in [-0.1, -0.05) is 31.4 Å². The molecule has 1 aliphatic heterocycles. The normalized spacial score (nSPS) is 12.1. The second-order valence-corrected chi connectivity index (χ2v) is 6.88. The van der Waals surface area contributed by atoms with Gasteiger partial charge in [-0.05, 0) is 41.0 Å². The monoisotopic (exact) mass is 419 g/mol. The Hall–Kier alpha value is -4.20. The zero-order valence-electron chi connectivity index (χ0n) is 17.2. The number of esters is 1. The van der Waals surface area contributed by atoms with E-state index in [0.717, 1.165) is 16.7 Å². The lowest BCUT2D eigenvalue weighted by atomic mass is 10.0. The molecule has 0 aromatic heterocycles. The summed E-state index contributed by atoms with van der Waals surface area (Å²) in [6.45, 7) is 8.58. The molecule has 2 aromatic rings. The number of benzene rings is 2. The molecule has 8 heteroatoms. The Morgan fingerprint density at radius 2 is 1.68 bits per heavy atom. The summed E-state index contributed by atoms with van der Waals surface area (Å²) < 4.78 is 4.49. The molecule has 3 amide bonds. The number of carbonyl (C=O) groups excluding carboxylic acids is 4. The molecular weight excluding hydrogens is 398 g/mol. The van der Waals surface area contributed by atoms with Gasteiger partial charge in [-0.3, -0.25) is 19.3 Å². The number of nitrogens with zero attached hydrogens (tertiary/aromatic N) is 1.